The van der Waals surface area contributed by atoms with Crippen LogP contribution in [0, 0.1) is 0 Å². The summed E-state index contributed by atoms with van der Waals surface area (Å²) < 4.78 is 30.0. The molecular formula is C26H21ClF2N4O4. The predicted molar refractivity (Wildman–Crippen MR) is 133 cm³/mol. The second-order valence-electron chi connectivity index (χ2n) is 9.43. The quantitative estimate of drug-likeness (QED) is 0.456. The highest BCUT2D eigenvalue weighted by atomic mass is 35.5. The van der Waals surface area contributed by atoms with Crippen molar-refractivity contribution >= 4 is 40.7 Å². The minimum absolute atomic E-state index is 0.150. The predicted octanol–water partition coefficient (Wildman–Crippen LogP) is 4.98. The summed E-state index contributed by atoms with van der Waals surface area (Å²) in [6.07, 6.45) is 1.63. The highest BCUT2D eigenvalue weighted by Gasteiger charge is 2.41. The Labute approximate surface area is 215 Å². The maximum Gasteiger partial charge on any atom is 0.487 e. The van der Waals surface area contributed by atoms with E-state index < -0.39 is 16.9 Å². The number of pyridine rings is 1. The number of carbonyl (C=O) groups excluding carboxylic acids is 3. The van der Waals surface area contributed by atoms with Gasteiger partial charge in [-0.1, -0.05) is 0 Å². The Morgan fingerprint density at radius 1 is 1.16 bits per heavy atom. The van der Waals surface area contributed by atoms with Gasteiger partial charge in [0.15, 0.2) is 0 Å². The Balaban J connectivity index is 1.52. The van der Waals surface area contributed by atoms with Crippen molar-refractivity contribution in [1.82, 2.24) is 9.88 Å². The molecule has 37 heavy (non-hydrogen) atoms. The molecule has 0 unspecified atom stereocenters. The van der Waals surface area contributed by atoms with Gasteiger partial charge in [-0.2, -0.15) is 0 Å². The van der Waals surface area contributed by atoms with E-state index in [2.05, 4.69) is 20.4 Å². The summed E-state index contributed by atoms with van der Waals surface area (Å²) >= 11 is 4.78. The van der Waals surface area contributed by atoms with Crippen molar-refractivity contribution in [3.05, 3.63) is 71.0 Å². The van der Waals surface area contributed by atoms with Gasteiger partial charge in [-0.15, -0.1) is 8.78 Å². The van der Waals surface area contributed by atoms with E-state index in [-0.39, 0.29) is 23.1 Å². The lowest BCUT2D eigenvalue weighted by molar-refractivity contribution is -0.119. The van der Waals surface area contributed by atoms with Gasteiger partial charge >= 0.3 is 5.57 Å². The summed E-state index contributed by atoms with van der Waals surface area (Å²) in [5.41, 5.74) is -0.669. The average molecular weight is 527 g/mol. The Morgan fingerprint density at radius 3 is 2.54 bits per heavy atom. The van der Waals surface area contributed by atoms with Crippen LogP contribution in [-0.4, -0.2) is 40.2 Å². The van der Waals surface area contributed by atoms with Crippen LogP contribution in [-0.2, 0) is 16.8 Å². The van der Waals surface area contributed by atoms with Crippen LogP contribution in [0.3, 0.4) is 0 Å². The first kappa shape index (κ1) is 24.6. The van der Waals surface area contributed by atoms with E-state index in [9.17, 15) is 23.2 Å². The number of ether oxygens (including phenoxy) is 1. The number of hydrogen-bond donors (Lipinski definition) is 2. The van der Waals surface area contributed by atoms with Crippen LogP contribution < -0.4 is 15.4 Å². The van der Waals surface area contributed by atoms with E-state index in [4.69, 9.17) is 11.6 Å². The van der Waals surface area contributed by atoms with Crippen LogP contribution in [0.5, 0.6) is 5.75 Å². The highest BCUT2D eigenvalue weighted by molar-refractivity contribution is 6.20. The number of hydrogen-bond acceptors (Lipinski definition) is 5. The number of carbonyl (C=O) groups is 3. The van der Waals surface area contributed by atoms with Crippen LogP contribution in [0.4, 0.5) is 20.2 Å². The molecular weight excluding hydrogens is 506 g/mol. The summed E-state index contributed by atoms with van der Waals surface area (Å²) in [6.45, 7) is 3.98. The zero-order valence-corrected chi connectivity index (χ0v) is 20.7. The third-order valence-corrected chi connectivity index (χ3v) is 6.51. The fourth-order valence-corrected chi connectivity index (χ4v) is 4.65. The molecule has 0 spiro atoms. The molecule has 0 bridgehead atoms. The summed E-state index contributed by atoms with van der Waals surface area (Å²) in [7, 11) is 1.69. The van der Waals surface area contributed by atoms with Crippen LogP contribution in [0.1, 0.15) is 45.8 Å². The fraction of sp³-hybridized carbons (Fsp3) is 0.231. The minimum Gasteiger partial charge on any atom is -0.420 e. The molecule has 2 aliphatic rings. The molecule has 0 saturated heterocycles. The zero-order chi connectivity index (χ0) is 26.7. The lowest BCUT2D eigenvalue weighted by Gasteiger charge is -2.20. The van der Waals surface area contributed by atoms with Crippen molar-refractivity contribution in [2.24, 2.45) is 0 Å². The molecule has 5 rings (SSSR count). The van der Waals surface area contributed by atoms with E-state index in [0.717, 1.165) is 0 Å². The summed E-state index contributed by atoms with van der Waals surface area (Å²) in [4.78, 5) is 44.5. The van der Waals surface area contributed by atoms with E-state index >= 15 is 0 Å². The van der Waals surface area contributed by atoms with Crippen molar-refractivity contribution in [2.75, 3.05) is 17.7 Å². The number of rotatable bonds is 5. The van der Waals surface area contributed by atoms with Crippen molar-refractivity contribution in [1.29, 1.82) is 0 Å². The molecule has 3 amide bonds. The highest BCUT2D eigenvalue weighted by Crippen LogP contribution is 2.45. The van der Waals surface area contributed by atoms with Gasteiger partial charge in [-0.05, 0) is 67.4 Å². The number of nitrogens with zero attached hydrogens (tertiary/aromatic N) is 2. The number of halogens is 3. The number of aromatic nitrogens is 1. The van der Waals surface area contributed by atoms with E-state index in [0.29, 0.717) is 45.9 Å². The monoisotopic (exact) mass is 526 g/mol. The lowest BCUT2D eigenvalue weighted by Crippen LogP contribution is -2.27. The molecule has 3 aromatic rings. The SMILES string of the molecule is CN1Cc2ncc(-c3cc(C(=O)Nc4ccc(OC(F)(F)Cl)cc4)cc4c3C(C)(C)C(=O)N4)cc2C1=O. The number of anilines is 2. The molecule has 0 fully saturated rings. The van der Waals surface area contributed by atoms with Crippen LogP contribution in [0.2, 0.25) is 0 Å². The number of nitrogens with one attached hydrogen (secondary N) is 2. The van der Waals surface area contributed by atoms with E-state index in [1.165, 1.54) is 24.3 Å². The number of fused-ring (bicyclic) bond motifs is 2. The van der Waals surface area contributed by atoms with Gasteiger partial charge in [-0.25, -0.2) is 0 Å². The summed E-state index contributed by atoms with van der Waals surface area (Å²) in [6, 6.07) is 10.2. The second-order valence-corrected chi connectivity index (χ2v) is 9.87. The Bertz CT molecular complexity index is 1470. The lowest BCUT2D eigenvalue weighted by atomic mass is 9.80. The largest absolute Gasteiger partial charge is 0.487 e. The molecule has 2 aliphatic heterocycles. The van der Waals surface area contributed by atoms with Crippen molar-refractivity contribution < 1.29 is 27.9 Å². The van der Waals surface area contributed by atoms with Gasteiger partial charge < -0.3 is 20.3 Å². The maximum atomic E-state index is 13.2. The van der Waals surface area contributed by atoms with Crippen molar-refractivity contribution in [3.8, 4) is 16.9 Å². The second kappa shape index (κ2) is 8.52. The molecule has 11 heteroatoms. The van der Waals surface area contributed by atoms with E-state index in [1.807, 2.05) is 0 Å². The maximum absolute atomic E-state index is 13.2. The topological polar surface area (TPSA) is 101 Å². The van der Waals surface area contributed by atoms with Gasteiger partial charge in [0, 0.05) is 47.3 Å². The van der Waals surface area contributed by atoms with Crippen LogP contribution >= 0.6 is 11.6 Å². The van der Waals surface area contributed by atoms with Gasteiger partial charge in [0.1, 0.15) is 5.75 Å². The summed E-state index contributed by atoms with van der Waals surface area (Å²) in [5.74, 6) is -1.04. The summed E-state index contributed by atoms with van der Waals surface area (Å²) in [5, 5.41) is 5.54. The third kappa shape index (κ3) is 4.48. The van der Waals surface area contributed by atoms with Crippen molar-refractivity contribution in [3.63, 3.8) is 0 Å². The van der Waals surface area contributed by atoms with Crippen LogP contribution in [0.15, 0.2) is 48.7 Å². The average Bonchev–Trinajstić information content (AvgIpc) is 3.24. The Kier molecular flexibility index (Phi) is 5.67. The van der Waals surface area contributed by atoms with Gasteiger partial charge in [0.2, 0.25) is 5.91 Å². The Morgan fingerprint density at radius 2 is 1.86 bits per heavy atom. The first-order valence-corrected chi connectivity index (χ1v) is 11.6. The normalized spacial score (nSPS) is 15.8. The number of benzene rings is 2. The molecule has 0 aliphatic carbocycles. The molecule has 0 radical (unpaired) electrons. The van der Waals surface area contributed by atoms with Crippen molar-refractivity contribution in [2.45, 2.75) is 31.4 Å². The Hall–Kier alpha value is -4.05. The number of amides is 3. The van der Waals surface area contributed by atoms with Crippen LogP contribution in [0.25, 0.3) is 11.1 Å². The molecule has 8 nitrogen and oxygen atoms in total. The minimum atomic E-state index is -3.85. The zero-order valence-electron chi connectivity index (χ0n) is 20.0. The third-order valence-electron chi connectivity index (χ3n) is 6.43. The molecule has 0 saturated carbocycles. The molecule has 190 valence electrons. The fourth-order valence-electron chi connectivity index (χ4n) is 4.56. The van der Waals surface area contributed by atoms with Gasteiger partial charge in [0.25, 0.3) is 11.8 Å². The smallest absolute Gasteiger partial charge is 0.420 e. The first-order valence-electron chi connectivity index (χ1n) is 11.3. The van der Waals surface area contributed by atoms with Gasteiger partial charge in [-0.3, -0.25) is 19.4 Å². The van der Waals surface area contributed by atoms with E-state index in [1.54, 1.807) is 50.2 Å². The van der Waals surface area contributed by atoms with Gasteiger partial charge in [0.05, 0.1) is 23.2 Å². The standard InChI is InChI=1S/C26H21ClF2N4O4/c1-25(2)21-17(14-9-18-20(30-11-14)12-33(3)23(18)35)8-13(10-19(21)32-24(25)36)22(34)31-15-4-6-16(7-5-15)37-26(27,28)29/h4-11H,12H2,1-3H3,(H,31,34)(H,32,36). The number of alkyl halides is 3. The molecule has 3 heterocycles. The molecule has 2 N–H and O–H groups in total. The molecule has 1 aromatic heterocycles. The first-order chi connectivity index (χ1) is 17.3. The molecule has 0 atom stereocenters. The molecule has 2 aromatic carbocycles.